The molecule has 0 saturated carbocycles. The normalized spacial score (nSPS) is 23.9. The van der Waals surface area contributed by atoms with Crippen LogP contribution >= 0.6 is 0 Å². The molecular formula is C8H12O2Si. The fourth-order valence-electron chi connectivity index (χ4n) is 1.30. The smallest absolute Gasteiger partial charge is 0.275 e. The van der Waals surface area contributed by atoms with Crippen LogP contribution in [0, 0.1) is 0 Å². The summed E-state index contributed by atoms with van der Waals surface area (Å²) < 4.78 is 0. The quantitative estimate of drug-likeness (QED) is 0.607. The highest BCUT2D eigenvalue weighted by molar-refractivity contribution is 6.98. The van der Waals surface area contributed by atoms with Crippen LogP contribution in [-0.4, -0.2) is 19.5 Å². The zero-order chi connectivity index (χ0) is 8.59. The molecule has 0 saturated heterocycles. The molecule has 1 aliphatic heterocycles. The third kappa shape index (κ3) is 1.28. The maximum Gasteiger partial charge on any atom is 0.275 e. The topological polar surface area (TPSA) is 37.3 Å². The second-order valence-electron chi connectivity index (χ2n) is 2.97. The molecule has 1 atom stereocenters. The van der Waals surface area contributed by atoms with Gasteiger partial charge >= 0.3 is 0 Å². The molecule has 0 aliphatic carbocycles. The Bertz CT molecular complexity index is 263. The van der Waals surface area contributed by atoms with Crippen LogP contribution in [0.5, 0.6) is 0 Å². The predicted octanol–water partition coefficient (Wildman–Crippen LogP) is 1.85. The van der Waals surface area contributed by atoms with Gasteiger partial charge in [0.15, 0.2) is 0 Å². The first-order valence-electron chi connectivity index (χ1n) is 3.63. The van der Waals surface area contributed by atoms with Crippen molar-refractivity contribution in [1.82, 2.24) is 0 Å². The first-order chi connectivity index (χ1) is 5.04. The molecule has 1 rings (SSSR count). The highest BCUT2D eigenvalue weighted by Crippen LogP contribution is 2.24. The van der Waals surface area contributed by atoms with Crippen molar-refractivity contribution < 1.29 is 9.90 Å². The highest BCUT2D eigenvalue weighted by Gasteiger charge is 2.26. The average molecular weight is 168 g/mol. The van der Waals surface area contributed by atoms with Crippen molar-refractivity contribution in [2.24, 2.45) is 0 Å². The number of carboxylic acid groups (broad SMARTS) is 1. The van der Waals surface area contributed by atoms with Gasteiger partial charge < -0.3 is 5.11 Å². The molecule has 1 unspecified atom stereocenters. The maximum absolute atomic E-state index is 10.7. The van der Waals surface area contributed by atoms with Crippen LogP contribution in [0.25, 0.3) is 0 Å². The molecule has 0 aromatic heterocycles. The van der Waals surface area contributed by atoms with Crippen molar-refractivity contribution in [3.05, 3.63) is 22.0 Å². The Hall–Kier alpha value is -0.833. The van der Waals surface area contributed by atoms with Gasteiger partial charge in [-0.1, -0.05) is 22.0 Å². The summed E-state index contributed by atoms with van der Waals surface area (Å²) in [6, 6.07) is 0. The number of hydrogen-bond donors (Lipinski definition) is 1. The Morgan fingerprint density at radius 3 is 2.18 bits per heavy atom. The van der Waals surface area contributed by atoms with Crippen LogP contribution in [0.4, 0.5) is 4.79 Å². The lowest BCUT2D eigenvalue weighted by molar-refractivity contribution is 0.219. The van der Waals surface area contributed by atoms with E-state index >= 15 is 0 Å². The van der Waals surface area contributed by atoms with Gasteiger partial charge in [-0.15, -0.1) is 0 Å². The summed E-state index contributed by atoms with van der Waals surface area (Å²) in [5.41, 5.74) is 3.66. The van der Waals surface area contributed by atoms with Crippen molar-refractivity contribution in [2.75, 3.05) is 0 Å². The summed E-state index contributed by atoms with van der Waals surface area (Å²) >= 11 is 0. The van der Waals surface area contributed by atoms with Crippen LogP contribution in [-0.2, 0) is 0 Å². The molecule has 3 heteroatoms. The Morgan fingerprint density at radius 1 is 1.45 bits per heavy atom. The van der Waals surface area contributed by atoms with Crippen molar-refractivity contribution in [3.8, 4) is 0 Å². The van der Waals surface area contributed by atoms with Gasteiger partial charge in [-0.2, -0.15) is 0 Å². The summed E-state index contributed by atoms with van der Waals surface area (Å²) in [7, 11) is -1.73. The molecule has 1 aliphatic rings. The van der Waals surface area contributed by atoms with Crippen LogP contribution in [0.3, 0.4) is 0 Å². The van der Waals surface area contributed by atoms with Gasteiger partial charge in [0.2, 0.25) is 8.80 Å². The first kappa shape index (κ1) is 8.27. The molecular weight excluding hydrogens is 156 g/mol. The van der Waals surface area contributed by atoms with Gasteiger partial charge in [0.1, 0.15) is 0 Å². The summed E-state index contributed by atoms with van der Waals surface area (Å²) in [5.74, 6) is 0. The highest BCUT2D eigenvalue weighted by atomic mass is 28.3. The minimum atomic E-state index is -1.73. The van der Waals surface area contributed by atoms with Crippen molar-refractivity contribution in [3.63, 3.8) is 0 Å². The van der Waals surface area contributed by atoms with E-state index in [4.69, 9.17) is 5.11 Å². The zero-order valence-corrected chi connectivity index (χ0v) is 8.16. The first-order valence-corrected chi connectivity index (χ1v) is 5.45. The van der Waals surface area contributed by atoms with Crippen LogP contribution in [0.15, 0.2) is 22.0 Å². The Kier molecular flexibility index (Phi) is 2.00. The number of allylic oxidation sites excluding steroid dienone is 3. The van der Waals surface area contributed by atoms with E-state index < -0.39 is 14.4 Å². The summed E-state index contributed by atoms with van der Waals surface area (Å²) in [5, 5.41) is 9.91. The van der Waals surface area contributed by atoms with Crippen molar-refractivity contribution in [1.29, 1.82) is 0 Å². The van der Waals surface area contributed by atoms with Crippen molar-refractivity contribution in [2.45, 2.75) is 20.8 Å². The van der Waals surface area contributed by atoms with E-state index in [0.29, 0.717) is 0 Å². The molecule has 1 heterocycles. The largest absolute Gasteiger partial charge is 0.485 e. The molecule has 60 valence electrons. The third-order valence-corrected chi connectivity index (χ3v) is 5.06. The lowest BCUT2D eigenvalue weighted by Crippen LogP contribution is -2.21. The van der Waals surface area contributed by atoms with Crippen LogP contribution in [0.2, 0.25) is 0 Å². The fraction of sp³-hybridized carbons (Fsp3) is 0.375. The summed E-state index contributed by atoms with van der Waals surface area (Å²) in [4.78, 5) is 10.7. The van der Waals surface area contributed by atoms with E-state index in [1.54, 1.807) is 0 Å². The van der Waals surface area contributed by atoms with Crippen molar-refractivity contribution >= 4 is 14.4 Å². The molecule has 0 bridgehead atoms. The maximum atomic E-state index is 10.7. The standard InChI is InChI=1S/C8H12O2Si/c1-5-4-11(8(9)10)7(3)6(5)2/h4,11H,1-3H3,(H,9,10). The Morgan fingerprint density at radius 2 is 2.00 bits per heavy atom. The van der Waals surface area contributed by atoms with Gasteiger partial charge in [0.05, 0.1) is 0 Å². The van der Waals surface area contributed by atoms with Gasteiger partial charge in [0, 0.05) is 0 Å². The lowest BCUT2D eigenvalue weighted by atomic mass is 10.1. The van der Waals surface area contributed by atoms with Crippen LogP contribution in [0.1, 0.15) is 20.8 Å². The molecule has 0 amide bonds. The van der Waals surface area contributed by atoms with Crippen LogP contribution < -0.4 is 0 Å². The zero-order valence-electron chi connectivity index (χ0n) is 7.01. The van der Waals surface area contributed by atoms with E-state index in [1.165, 1.54) is 5.57 Å². The number of carbonyl (C=O) groups is 1. The third-order valence-electron chi connectivity index (χ3n) is 2.33. The number of rotatable bonds is 1. The Balaban J connectivity index is 3.01. The molecule has 0 aromatic rings. The van der Waals surface area contributed by atoms with E-state index in [-0.39, 0.29) is 0 Å². The van der Waals surface area contributed by atoms with E-state index in [0.717, 1.165) is 10.8 Å². The minimum Gasteiger partial charge on any atom is -0.485 e. The van der Waals surface area contributed by atoms with Gasteiger partial charge in [-0.05, 0) is 20.8 Å². The van der Waals surface area contributed by atoms with E-state index in [1.807, 2.05) is 26.5 Å². The van der Waals surface area contributed by atoms with Gasteiger partial charge in [-0.3, -0.25) is 4.79 Å². The predicted molar refractivity (Wildman–Crippen MR) is 47.3 cm³/mol. The Labute approximate surface area is 67.8 Å². The number of hydrogen-bond acceptors (Lipinski definition) is 1. The average Bonchev–Trinajstić information content (AvgIpc) is 2.17. The molecule has 1 N–H and O–H groups in total. The lowest BCUT2D eigenvalue weighted by Gasteiger charge is -2.00. The molecule has 2 nitrogen and oxygen atoms in total. The molecule has 0 spiro atoms. The van der Waals surface area contributed by atoms with E-state index in [2.05, 4.69) is 0 Å². The fourth-order valence-corrected chi connectivity index (χ4v) is 3.51. The molecule has 11 heavy (non-hydrogen) atoms. The van der Waals surface area contributed by atoms with E-state index in [9.17, 15) is 4.79 Å². The monoisotopic (exact) mass is 168 g/mol. The van der Waals surface area contributed by atoms with Gasteiger partial charge in [0.25, 0.3) is 5.59 Å². The molecule has 0 fully saturated rings. The second-order valence-corrected chi connectivity index (χ2v) is 5.62. The molecule has 0 radical (unpaired) electrons. The summed E-state index contributed by atoms with van der Waals surface area (Å²) in [6.07, 6.45) is 0. The summed E-state index contributed by atoms with van der Waals surface area (Å²) in [6.45, 7) is 5.92. The van der Waals surface area contributed by atoms with Gasteiger partial charge in [-0.25, -0.2) is 0 Å². The molecule has 0 aromatic carbocycles. The second kappa shape index (κ2) is 2.66. The minimum absolute atomic E-state index is 0.612. The SMILES string of the molecule is CC1=C[SiH](C(=O)O)C(C)=C1C.